The minimum absolute atomic E-state index is 0.0210. The fraction of sp³-hybridized carbons (Fsp3) is 0.286. The standard InChI is InChI=1S/C28H30N2O3/c1-18(2)24-14-9-19(3)15-26(24)33-23-12-10-22(11-13-23)29-28(32)21-16-27(31)30(17-21)25-8-6-5-7-20(25)4/h5-15,18,21H,16-17H2,1-4H3,(H,29,32)/t21-/m1/s1. The van der Waals surface area contributed by atoms with Gasteiger partial charge in [-0.25, -0.2) is 0 Å². The van der Waals surface area contributed by atoms with Crippen molar-refractivity contribution >= 4 is 23.2 Å². The molecule has 0 aromatic heterocycles. The van der Waals surface area contributed by atoms with E-state index in [9.17, 15) is 9.59 Å². The van der Waals surface area contributed by atoms with Gasteiger partial charge in [-0.15, -0.1) is 0 Å². The average Bonchev–Trinajstić information content (AvgIpc) is 3.17. The first-order chi connectivity index (χ1) is 15.8. The molecule has 5 nitrogen and oxygen atoms in total. The Morgan fingerprint density at radius 1 is 1.03 bits per heavy atom. The minimum Gasteiger partial charge on any atom is -0.457 e. The van der Waals surface area contributed by atoms with Crippen molar-refractivity contribution in [3.63, 3.8) is 0 Å². The number of rotatable bonds is 6. The number of carbonyl (C=O) groups is 2. The van der Waals surface area contributed by atoms with Crippen LogP contribution in [0, 0.1) is 19.8 Å². The fourth-order valence-electron chi connectivity index (χ4n) is 4.17. The fourth-order valence-corrected chi connectivity index (χ4v) is 4.17. The molecule has 0 radical (unpaired) electrons. The molecule has 1 fully saturated rings. The molecule has 1 heterocycles. The summed E-state index contributed by atoms with van der Waals surface area (Å²) in [6.45, 7) is 8.69. The van der Waals surface area contributed by atoms with E-state index in [1.165, 1.54) is 0 Å². The molecule has 3 aromatic carbocycles. The molecule has 33 heavy (non-hydrogen) atoms. The van der Waals surface area contributed by atoms with Crippen LogP contribution in [0.2, 0.25) is 0 Å². The van der Waals surface area contributed by atoms with Gasteiger partial charge in [-0.1, -0.05) is 44.2 Å². The van der Waals surface area contributed by atoms with Crippen LogP contribution in [0.4, 0.5) is 11.4 Å². The number of para-hydroxylation sites is 1. The van der Waals surface area contributed by atoms with Gasteiger partial charge in [0.25, 0.3) is 0 Å². The number of hydrogen-bond acceptors (Lipinski definition) is 3. The number of hydrogen-bond donors (Lipinski definition) is 1. The summed E-state index contributed by atoms with van der Waals surface area (Å²) in [5.74, 6) is 1.37. The number of aryl methyl sites for hydroxylation is 2. The summed E-state index contributed by atoms with van der Waals surface area (Å²) in [5.41, 5.74) is 4.88. The lowest BCUT2D eigenvalue weighted by atomic mass is 10.0. The number of ether oxygens (including phenoxy) is 1. The maximum atomic E-state index is 12.8. The Bertz CT molecular complexity index is 1170. The molecule has 0 spiro atoms. The van der Waals surface area contributed by atoms with E-state index < -0.39 is 0 Å². The Labute approximate surface area is 195 Å². The van der Waals surface area contributed by atoms with Gasteiger partial charge in [0, 0.05) is 24.3 Å². The van der Waals surface area contributed by atoms with Gasteiger partial charge in [0.2, 0.25) is 11.8 Å². The zero-order chi connectivity index (χ0) is 23.5. The van der Waals surface area contributed by atoms with Crippen molar-refractivity contribution in [1.82, 2.24) is 0 Å². The Balaban J connectivity index is 1.41. The van der Waals surface area contributed by atoms with Crippen LogP contribution in [-0.2, 0) is 9.59 Å². The molecule has 1 atom stereocenters. The number of nitrogens with zero attached hydrogens (tertiary/aromatic N) is 1. The lowest BCUT2D eigenvalue weighted by molar-refractivity contribution is -0.122. The number of benzene rings is 3. The van der Waals surface area contributed by atoms with Gasteiger partial charge in [0.05, 0.1) is 5.92 Å². The molecule has 1 aliphatic rings. The first-order valence-electron chi connectivity index (χ1n) is 11.4. The van der Waals surface area contributed by atoms with Crippen LogP contribution in [-0.4, -0.2) is 18.4 Å². The van der Waals surface area contributed by atoms with Crippen LogP contribution >= 0.6 is 0 Å². The smallest absolute Gasteiger partial charge is 0.229 e. The van der Waals surface area contributed by atoms with E-state index in [1.807, 2.05) is 68.4 Å². The van der Waals surface area contributed by atoms with Gasteiger partial charge >= 0.3 is 0 Å². The molecule has 1 N–H and O–H groups in total. The molecule has 2 amide bonds. The van der Waals surface area contributed by atoms with Crippen molar-refractivity contribution in [2.45, 2.75) is 40.0 Å². The summed E-state index contributed by atoms with van der Waals surface area (Å²) in [6, 6.07) is 21.3. The highest BCUT2D eigenvalue weighted by molar-refractivity contribution is 6.03. The van der Waals surface area contributed by atoms with E-state index in [2.05, 4.69) is 31.3 Å². The van der Waals surface area contributed by atoms with E-state index in [0.717, 1.165) is 28.1 Å². The molecule has 0 aliphatic carbocycles. The van der Waals surface area contributed by atoms with Crippen LogP contribution in [0.1, 0.15) is 42.9 Å². The zero-order valence-electron chi connectivity index (χ0n) is 19.6. The largest absolute Gasteiger partial charge is 0.457 e. The Kier molecular flexibility index (Phi) is 6.50. The summed E-state index contributed by atoms with van der Waals surface area (Å²) in [7, 11) is 0. The molecule has 170 valence electrons. The monoisotopic (exact) mass is 442 g/mol. The molecule has 0 unspecified atom stereocenters. The van der Waals surface area contributed by atoms with Gasteiger partial charge in [-0.05, 0) is 72.9 Å². The second kappa shape index (κ2) is 9.49. The first-order valence-corrected chi connectivity index (χ1v) is 11.4. The maximum absolute atomic E-state index is 12.8. The molecule has 1 aliphatic heterocycles. The molecule has 5 heteroatoms. The van der Waals surface area contributed by atoms with Gasteiger partial charge in [0.15, 0.2) is 0 Å². The van der Waals surface area contributed by atoms with E-state index in [-0.39, 0.29) is 24.2 Å². The summed E-state index contributed by atoms with van der Waals surface area (Å²) in [4.78, 5) is 27.1. The number of amides is 2. The van der Waals surface area contributed by atoms with Crippen molar-refractivity contribution in [3.05, 3.63) is 83.4 Å². The molecule has 3 aromatic rings. The highest BCUT2D eigenvalue weighted by atomic mass is 16.5. The Hall–Kier alpha value is -3.60. The number of anilines is 2. The molecule has 1 saturated heterocycles. The van der Waals surface area contributed by atoms with Crippen molar-refractivity contribution in [3.8, 4) is 11.5 Å². The summed E-state index contributed by atoms with van der Waals surface area (Å²) in [6.07, 6.45) is 0.215. The lowest BCUT2D eigenvalue weighted by Crippen LogP contribution is -2.28. The van der Waals surface area contributed by atoms with E-state index in [0.29, 0.717) is 23.9 Å². The lowest BCUT2D eigenvalue weighted by Gasteiger charge is -2.19. The van der Waals surface area contributed by atoms with Gasteiger partial charge < -0.3 is 15.0 Å². The molecular formula is C28H30N2O3. The van der Waals surface area contributed by atoms with E-state index in [4.69, 9.17) is 4.74 Å². The number of carbonyl (C=O) groups excluding carboxylic acids is 2. The van der Waals surface area contributed by atoms with Gasteiger partial charge in [0.1, 0.15) is 11.5 Å². The van der Waals surface area contributed by atoms with Crippen molar-refractivity contribution < 1.29 is 14.3 Å². The topological polar surface area (TPSA) is 58.6 Å². The van der Waals surface area contributed by atoms with Crippen LogP contribution in [0.15, 0.2) is 66.7 Å². The second-order valence-corrected chi connectivity index (χ2v) is 9.00. The van der Waals surface area contributed by atoms with E-state index >= 15 is 0 Å². The highest BCUT2D eigenvalue weighted by Crippen LogP contribution is 2.32. The average molecular weight is 443 g/mol. The molecular weight excluding hydrogens is 412 g/mol. The predicted octanol–water partition coefficient (Wildman–Crippen LogP) is 6.21. The quantitative estimate of drug-likeness (QED) is 0.494. The van der Waals surface area contributed by atoms with Crippen LogP contribution < -0.4 is 15.0 Å². The Morgan fingerprint density at radius 2 is 1.76 bits per heavy atom. The minimum atomic E-state index is -0.381. The van der Waals surface area contributed by atoms with Gasteiger partial charge in [-0.2, -0.15) is 0 Å². The van der Waals surface area contributed by atoms with Crippen molar-refractivity contribution in [2.75, 3.05) is 16.8 Å². The van der Waals surface area contributed by atoms with Gasteiger partial charge in [-0.3, -0.25) is 9.59 Å². The molecule has 0 saturated carbocycles. The third kappa shape index (κ3) is 5.08. The third-order valence-corrected chi connectivity index (χ3v) is 6.04. The highest BCUT2D eigenvalue weighted by Gasteiger charge is 2.35. The normalized spacial score (nSPS) is 15.7. The molecule has 0 bridgehead atoms. The van der Waals surface area contributed by atoms with E-state index in [1.54, 1.807) is 4.90 Å². The third-order valence-electron chi connectivity index (χ3n) is 6.04. The van der Waals surface area contributed by atoms with Crippen molar-refractivity contribution in [1.29, 1.82) is 0 Å². The maximum Gasteiger partial charge on any atom is 0.229 e. The van der Waals surface area contributed by atoms with Crippen LogP contribution in [0.25, 0.3) is 0 Å². The van der Waals surface area contributed by atoms with Crippen molar-refractivity contribution in [2.24, 2.45) is 5.92 Å². The number of nitrogens with one attached hydrogen (secondary N) is 1. The second-order valence-electron chi connectivity index (χ2n) is 9.00. The van der Waals surface area contributed by atoms with Crippen LogP contribution in [0.5, 0.6) is 11.5 Å². The Morgan fingerprint density at radius 3 is 2.45 bits per heavy atom. The summed E-state index contributed by atoms with van der Waals surface area (Å²) in [5, 5.41) is 2.95. The first kappa shape index (κ1) is 22.6. The SMILES string of the molecule is Cc1ccc(C(C)C)c(Oc2ccc(NC(=O)[C@@H]3CC(=O)N(c4ccccc4C)C3)cc2)c1. The summed E-state index contributed by atoms with van der Waals surface area (Å²) >= 11 is 0. The molecule has 4 rings (SSSR count). The summed E-state index contributed by atoms with van der Waals surface area (Å²) < 4.78 is 6.14. The predicted molar refractivity (Wildman–Crippen MR) is 132 cm³/mol. The zero-order valence-corrected chi connectivity index (χ0v) is 19.6. The van der Waals surface area contributed by atoms with Crippen LogP contribution in [0.3, 0.4) is 0 Å².